The molecule has 0 saturated carbocycles. The maximum Gasteiger partial charge on any atom is 0.272 e. The Kier molecular flexibility index (Phi) is 3.41. The number of hydrogen-bond acceptors (Lipinski definition) is 3. The van der Waals surface area contributed by atoms with Crippen molar-refractivity contribution in [2.45, 2.75) is 13.3 Å². The fraction of sp³-hybridized carbons (Fsp3) is 0.222. The minimum atomic E-state index is -0.424. The van der Waals surface area contributed by atoms with E-state index in [0.717, 1.165) is 3.57 Å². The van der Waals surface area contributed by atoms with E-state index in [-0.39, 0.29) is 12.1 Å². The Morgan fingerprint density at radius 1 is 1.64 bits per heavy atom. The van der Waals surface area contributed by atoms with E-state index in [1.165, 1.54) is 6.07 Å². The molecule has 5 heteroatoms. The van der Waals surface area contributed by atoms with Crippen molar-refractivity contribution in [3.63, 3.8) is 0 Å². The molecule has 72 valence electrons. The summed E-state index contributed by atoms with van der Waals surface area (Å²) in [4.78, 5) is 10.2. The summed E-state index contributed by atoms with van der Waals surface area (Å²) in [7, 11) is 0. The van der Waals surface area contributed by atoms with Crippen LogP contribution in [0.2, 0.25) is 0 Å². The first-order valence-corrected chi connectivity index (χ1v) is 4.94. The van der Waals surface area contributed by atoms with Crippen molar-refractivity contribution in [3.8, 4) is 6.07 Å². The highest BCUT2D eigenvalue weighted by Crippen LogP contribution is 2.24. The normalized spacial score (nSPS) is 9.50. The number of nitriles is 1. The largest absolute Gasteiger partial charge is 0.272 e. The molecule has 0 aliphatic carbocycles. The van der Waals surface area contributed by atoms with Gasteiger partial charge in [-0.1, -0.05) is 0 Å². The molecule has 0 spiro atoms. The summed E-state index contributed by atoms with van der Waals surface area (Å²) in [6.45, 7) is 1.69. The molecule has 0 aliphatic heterocycles. The van der Waals surface area contributed by atoms with Crippen LogP contribution in [0.15, 0.2) is 12.1 Å². The van der Waals surface area contributed by atoms with Crippen LogP contribution in [0, 0.1) is 31.9 Å². The first-order chi connectivity index (χ1) is 6.56. The number of aryl methyl sites for hydroxylation is 1. The van der Waals surface area contributed by atoms with Crippen molar-refractivity contribution < 1.29 is 4.92 Å². The van der Waals surface area contributed by atoms with E-state index in [2.05, 4.69) is 22.6 Å². The average Bonchev–Trinajstić information content (AvgIpc) is 2.09. The highest BCUT2D eigenvalue weighted by Gasteiger charge is 2.13. The number of nitrogens with zero attached hydrogens (tertiary/aromatic N) is 2. The van der Waals surface area contributed by atoms with Crippen molar-refractivity contribution >= 4 is 28.3 Å². The quantitative estimate of drug-likeness (QED) is 0.479. The lowest BCUT2D eigenvalue weighted by atomic mass is 10.1. The molecule has 0 aromatic heterocycles. The molecule has 0 amide bonds. The third-order valence-corrected chi connectivity index (χ3v) is 2.84. The van der Waals surface area contributed by atoms with E-state index in [1.807, 2.05) is 6.07 Å². The molecular weight excluding hydrogens is 295 g/mol. The monoisotopic (exact) mass is 302 g/mol. The summed E-state index contributed by atoms with van der Waals surface area (Å²) < 4.78 is 0.896. The fourth-order valence-electron chi connectivity index (χ4n) is 1.12. The van der Waals surface area contributed by atoms with E-state index in [9.17, 15) is 10.1 Å². The third kappa shape index (κ3) is 2.20. The third-order valence-electron chi connectivity index (χ3n) is 1.83. The molecule has 0 unspecified atom stereocenters. The average molecular weight is 302 g/mol. The number of benzene rings is 1. The zero-order valence-corrected chi connectivity index (χ0v) is 9.61. The zero-order valence-electron chi connectivity index (χ0n) is 7.45. The number of rotatable bonds is 2. The number of nitro benzene ring substituents is 1. The lowest BCUT2D eigenvalue weighted by molar-refractivity contribution is -0.385. The second-order valence-electron chi connectivity index (χ2n) is 2.82. The van der Waals surface area contributed by atoms with Crippen LogP contribution in [0.25, 0.3) is 0 Å². The molecular formula is C9H7IN2O2. The van der Waals surface area contributed by atoms with E-state index in [0.29, 0.717) is 11.1 Å². The van der Waals surface area contributed by atoms with E-state index >= 15 is 0 Å². The van der Waals surface area contributed by atoms with Gasteiger partial charge in [-0.15, -0.1) is 0 Å². The van der Waals surface area contributed by atoms with Crippen molar-refractivity contribution in [1.29, 1.82) is 5.26 Å². The Balaban J connectivity index is 3.28. The van der Waals surface area contributed by atoms with E-state index in [4.69, 9.17) is 5.26 Å². The number of hydrogen-bond donors (Lipinski definition) is 0. The van der Waals surface area contributed by atoms with Crippen LogP contribution in [0.3, 0.4) is 0 Å². The lowest BCUT2D eigenvalue weighted by Crippen LogP contribution is -1.96. The molecule has 1 aromatic carbocycles. The summed E-state index contributed by atoms with van der Waals surface area (Å²) in [5.74, 6) is 0. The van der Waals surface area contributed by atoms with Gasteiger partial charge in [-0.3, -0.25) is 10.1 Å². The first-order valence-electron chi connectivity index (χ1n) is 3.86. The van der Waals surface area contributed by atoms with E-state index in [1.54, 1.807) is 13.0 Å². The summed E-state index contributed by atoms with van der Waals surface area (Å²) in [5.41, 5.74) is 1.42. The molecule has 1 rings (SSSR count). The minimum absolute atomic E-state index is 0.0793. The predicted octanol–water partition coefficient (Wildman–Crippen LogP) is 2.57. The van der Waals surface area contributed by atoms with Gasteiger partial charge in [0, 0.05) is 15.2 Å². The topological polar surface area (TPSA) is 66.9 Å². The molecule has 0 saturated heterocycles. The molecule has 0 fully saturated rings. The van der Waals surface area contributed by atoms with Crippen LogP contribution in [-0.2, 0) is 6.42 Å². The van der Waals surface area contributed by atoms with Crippen LogP contribution in [0.5, 0.6) is 0 Å². The Morgan fingerprint density at radius 3 is 2.79 bits per heavy atom. The fourth-order valence-corrected chi connectivity index (χ4v) is 1.94. The van der Waals surface area contributed by atoms with Gasteiger partial charge in [-0.2, -0.15) is 5.26 Å². The standard InChI is InChI=1S/C9H7IN2O2/c1-6-4-8(10)7(2-3-11)5-9(6)12(13)14/h4-5H,2H2,1H3. The first kappa shape index (κ1) is 10.9. The van der Waals surface area contributed by atoms with Gasteiger partial charge in [0.05, 0.1) is 17.4 Å². The Hall–Kier alpha value is -1.16. The van der Waals surface area contributed by atoms with Crippen LogP contribution in [-0.4, -0.2) is 4.92 Å². The molecule has 0 bridgehead atoms. The smallest absolute Gasteiger partial charge is 0.258 e. The van der Waals surface area contributed by atoms with Crippen molar-refractivity contribution in [1.82, 2.24) is 0 Å². The summed E-state index contributed by atoms with van der Waals surface area (Å²) in [6.07, 6.45) is 0.208. The van der Waals surface area contributed by atoms with E-state index < -0.39 is 4.92 Å². The highest BCUT2D eigenvalue weighted by molar-refractivity contribution is 14.1. The maximum atomic E-state index is 10.6. The molecule has 1 aromatic rings. The van der Waals surface area contributed by atoms with Crippen molar-refractivity contribution in [2.75, 3.05) is 0 Å². The van der Waals surface area contributed by atoms with Crippen LogP contribution in [0.4, 0.5) is 5.69 Å². The van der Waals surface area contributed by atoms with Gasteiger partial charge in [-0.05, 0) is 41.1 Å². The molecule has 0 aliphatic rings. The van der Waals surface area contributed by atoms with Gasteiger partial charge >= 0.3 is 0 Å². The Bertz CT molecular complexity index is 424. The molecule has 14 heavy (non-hydrogen) atoms. The molecule has 0 atom stereocenters. The van der Waals surface area contributed by atoms with Gasteiger partial charge in [0.2, 0.25) is 0 Å². The van der Waals surface area contributed by atoms with Crippen LogP contribution < -0.4 is 0 Å². The highest BCUT2D eigenvalue weighted by atomic mass is 127. The number of nitro groups is 1. The minimum Gasteiger partial charge on any atom is -0.258 e. The number of halogens is 1. The van der Waals surface area contributed by atoms with Gasteiger partial charge in [0.1, 0.15) is 0 Å². The second kappa shape index (κ2) is 4.37. The van der Waals surface area contributed by atoms with Crippen LogP contribution in [0.1, 0.15) is 11.1 Å². The Labute approximate surface area is 94.8 Å². The molecule has 4 nitrogen and oxygen atoms in total. The van der Waals surface area contributed by atoms with Gasteiger partial charge in [0.25, 0.3) is 5.69 Å². The van der Waals surface area contributed by atoms with Crippen molar-refractivity contribution in [3.05, 3.63) is 36.9 Å². The van der Waals surface area contributed by atoms with Crippen molar-refractivity contribution in [2.24, 2.45) is 0 Å². The van der Waals surface area contributed by atoms with Gasteiger partial charge < -0.3 is 0 Å². The maximum absolute atomic E-state index is 10.6. The summed E-state index contributed by atoms with van der Waals surface area (Å²) >= 11 is 2.08. The zero-order chi connectivity index (χ0) is 10.7. The van der Waals surface area contributed by atoms with Gasteiger partial charge in [-0.25, -0.2) is 0 Å². The lowest BCUT2D eigenvalue weighted by Gasteiger charge is -2.02. The predicted molar refractivity (Wildman–Crippen MR) is 59.9 cm³/mol. The molecule has 0 N–H and O–H groups in total. The second-order valence-corrected chi connectivity index (χ2v) is 3.98. The van der Waals surface area contributed by atoms with Gasteiger partial charge in [0.15, 0.2) is 0 Å². The molecule has 0 heterocycles. The molecule has 0 radical (unpaired) electrons. The van der Waals surface area contributed by atoms with Crippen LogP contribution >= 0.6 is 22.6 Å². The summed E-state index contributed by atoms with van der Waals surface area (Å²) in [6, 6.07) is 5.18. The summed E-state index contributed by atoms with van der Waals surface area (Å²) in [5, 5.41) is 19.1. The SMILES string of the molecule is Cc1cc(I)c(CC#N)cc1[N+](=O)[O-]. The Morgan fingerprint density at radius 2 is 2.29 bits per heavy atom.